The minimum absolute atomic E-state index is 1.06. The van der Waals surface area contributed by atoms with Crippen LogP contribution in [0.5, 0.6) is 11.5 Å². The third-order valence-electron chi connectivity index (χ3n) is 7.45. The van der Waals surface area contributed by atoms with E-state index in [0.717, 1.165) is 46.1 Å². The monoisotopic (exact) mass is 588 g/mol. The zero-order valence-electron chi connectivity index (χ0n) is 24.1. The van der Waals surface area contributed by atoms with E-state index in [1.54, 1.807) is 0 Å². The van der Waals surface area contributed by atoms with Crippen molar-refractivity contribution < 1.29 is 6.15 Å². The van der Waals surface area contributed by atoms with Crippen LogP contribution in [0.15, 0.2) is 24.3 Å². The summed E-state index contributed by atoms with van der Waals surface area (Å²) >= 11 is -3.49. The van der Waals surface area contributed by atoms with Gasteiger partial charge in [-0.2, -0.15) is 0 Å². The van der Waals surface area contributed by atoms with Gasteiger partial charge in [-0.3, -0.25) is 0 Å². The van der Waals surface area contributed by atoms with E-state index in [2.05, 4.69) is 79.7 Å². The number of unbranched alkanes of at least 4 members (excludes halogenated alkanes) is 2. The Hall–Kier alpha value is -1.16. The summed E-state index contributed by atoms with van der Waals surface area (Å²) < 4.78 is 16.6. The third kappa shape index (κ3) is 7.91. The van der Waals surface area contributed by atoms with Gasteiger partial charge in [-0.1, -0.05) is 0 Å². The van der Waals surface area contributed by atoms with E-state index in [0.29, 0.717) is 0 Å². The van der Waals surface area contributed by atoms with E-state index in [1.165, 1.54) is 71.9 Å². The van der Waals surface area contributed by atoms with Crippen LogP contribution in [0.1, 0.15) is 113 Å². The van der Waals surface area contributed by atoms with E-state index < -0.39 is 19.2 Å². The van der Waals surface area contributed by atoms with Gasteiger partial charge in [0.05, 0.1) is 0 Å². The molecule has 0 atom stereocenters. The Balaban J connectivity index is 2.55. The van der Waals surface area contributed by atoms with Crippen LogP contribution in [0, 0.1) is 13.8 Å². The Morgan fingerprint density at radius 1 is 0.571 bits per heavy atom. The SMILES string of the molecule is CCC[CH2][Sn]([CH2]CCC)([O]c1ccc(CCC)c(CC)c1C)[O]c1ccc(CCC)c(CC)c1C. The molecular weight excluding hydrogens is 535 g/mol. The van der Waals surface area contributed by atoms with E-state index in [-0.39, 0.29) is 0 Å². The molecule has 0 bridgehead atoms. The number of aryl methyl sites for hydroxylation is 2. The van der Waals surface area contributed by atoms with Gasteiger partial charge in [0.1, 0.15) is 0 Å². The quantitative estimate of drug-likeness (QED) is 0.182. The molecule has 2 aromatic carbocycles. The van der Waals surface area contributed by atoms with Gasteiger partial charge in [0.15, 0.2) is 0 Å². The molecule has 196 valence electrons. The molecule has 0 aliphatic carbocycles. The second kappa shape index (κ2) is 15.2. The summed E-state index contributed by atoms with van der Waals surface area (Å²) in [6, 6.07) is 9.14. The first-order chi connectivity index (χ1) is 16.9. The average molecular weight is 587 g/mol. The Morgan fingerprint density at radius 3 is 1.29 bits per heavy atom. The van der Waals surface area contributed by atoms with Crippen LogP contribution in [0.25, 0.3) is 0 Å². The molecule has 35 heavy (non-hydrogen) atoms. The van der Waals surface area contributed by atoms with Crippen molar-refractivity contribution in [2.75, 3.05) is 0 Å². The zero-order valence-corrected chi connectivity index (χ0v) is 27.0. The molecule has 0 unspecified atom stereocenters. The van der Waals surface area contributed by atoms with Crippen molar-refractivity contribution >= 4 is 19.2 Å². The molecule has 0 saturated carbocycles. The van der Waals surface area contributed by atoms with Gasteiger partial charge < -0.3 is 0 Å². The molecule has 0 amide bonds. The van der Waals surface area contributed by atoms with E-state index >= 15 is 0 Å². The molecule has 0 spiro atoms. The molecule has 0 radical (unpaired) electrons. The Kier molecular flexibility index (Phi) is 13.0. The summed E-state index contributed by atoms with van der Waals surface area (Å²) in [5, 5.41) is 0. The van der Waals surface area contributed by atoms with E-state index in [9.17, 15) is 0 Å². The van der Waals surface area contributed by atoms with Gasteiger partial charge in [-0.15, -0.1) is 0 Å². The van der Waals surface area contributed by atoms with Crippen molar-refractivity contribution in [1.29, 1.82) is 0 Å². The van der Waals surface area contributed by atoms with E-state index in [1.807, 2.05) is 0 Å². The number of hydrogen-bond acceptors (Lipinski definition) is 2. The maximum atomic E-state index is 7.21. The second-order valence-corrected chi connectivity index (χ2v) is 19.4. The summed E-state index contributed by atoms with van der Waals surface area (Å²) in [4.78, 5) is 0. The van der Waals surface area contributed by atoms with Gasteiger partial charge in [0.25, 0.3) is 0 Å². The molecule has 3 heteroatoms. The maximum absolute atomic E-state index is 7.21. The summed E-state index contributed by atoms with van der Waals surface area (Å²) in [6.45, 7) is 18.2. The molecule has 0 heterocycles. The van der Waals surface area contributed by atoms with Crippen LogP contribution in [-0.2, 0) is 25.7 Å². The number of benzene rings is 2. The van der Waals surface area contributed by atoms with Crippen molar-refractivity contribution in [3.63, 3.8) is 0 Å². The molecule has 0 aliphatic rings. The van der Waals surface area contributed by atoms with Crippen LogP contribution < -0.4 is 6.15 Å². The summed E-state index contributed by atoms with van der Waals surface area (Å²) in [7, 11) is 0. The molecule has 2 aromatic rings. The first-order valence-corrected chi connectivity index (χ1v) is 20.9. The summed E-state index contributed by atoms with van der Waals surface area (Å²) in [6.07, 6.45) is 11.5. The molecule has 0 saturated heterocycles. The standard InChI is InChI=1S/2C12H18O.2C4H9.Sn/c2*1-4-6-10-7-8-12(13)9(3)11(10)5-2;2*1-3-4-2;/h2*7-8,13H,4-6H2,1-3H3;2*1,3-4H2,2H3;/q;;;;+2/p-2. The minimum atomic E-state index is -3.49. The average Bonchev–Trinajstić information content (AvgIpc) is 2.85. The molecule has 0 aromatic heterocycles. The summed E-state index contributed by atoms with van der Waals surface area (Å²) in [5.41, 5.74) is 8.59. The van der Waals surface area contributed by atoms with Crippen LogP contribution in [0.4, 0.5) is 0 Å². The Labute approximate surface area is 222 Å². The fourth-order valence-electron chi connectivity index (χ4n) is 5.44. The topological polar surface area (TPSA) is 18.5 Å². The number of hydrogen-bond donors (Lipinski definition) is 0. The van der Waals surface area contributed by atoms with Crippen molar-refractivity contribution in [3.8, 4) is 11.5 Å². The molecule has 2 rings (SSSR count). The van der Waals surface area contributed by atoms with Gasteiger partial charge in [0, 0.05) is 0 Å². The molecule has 2 nitrogen and oxygen atoms in total. The van der Waals surface area contributed by atoms with Gasteiger partial charge in [-0.05, 0) is 0 Å². The van der Waals surface area contributed by atoms with Crippen molar-refractivity contribution in [3.05, 3.63) is 57.6 Å². The van der Waals surface area contributed by atoms with Crippen molar-refractivity contribution in [2.45, 2.75) is 128 Å². The molecular formula is C32H52O2Sn. The van der Waals surface area contributed by atoms with Crippen LogP contribution in [0.3, 0.4) is 0 Å². The van der Waals surface area contributed by atoms with Crippen molar-refractivity contribution in [1.82, 2.24) is 0 Å². The first kappa shape index (κ1) is 30.1. The van der Waals surface area contributed by atoms with Crippen LogP contribution in [-0.4, -0.2) is 19.2 Å². The van der Waals surface area contributed by atoms with Crippen molar-refractivity contribution in [2.24, 2.45) is 0 Å². The fraction of sp³-hybridized carbons (Fsp3) is 0.625. The first-order valence-electron chi connectivity index (χ1n) is 14.5. The molecule has 0 N–H and O–H groups in total. The van der Waals surface area contributed by atoms with E-state index in [4.69, 9.17) is 6.15 Å². The third-order valence-corrected chi connectivity index (χ3v) is 17.2. The Bertz CT molecular complexity index is 843. The van der Waals surface area contributed by atoms with Crippen LogP contribution in [0.2, 0.25) is 8.87 Å². The fourth-order valence-corrected chi connectivity index (χ4v) is 16.1. The second-order valence-electron chi connectivity index (χ2n) is 10.2. The van der Waals surface area contributed by atoms with Crippen LogP contribution >= 0.6 is 0 Å². The predicted molar refractivity (Wildman–Crippen MR) is 156 cm³/mol. The predicted octanol–water partition coefficient (Wildman–Crippen LogP) is 9.83. The van der Waals surface area contributed by atoms with Gasteiger partial charge in [0.2, 0.25) is 0 Å². The summed E-state index contributed by atoms with van der Waals surface area (Å²) in [5.74, 6) is 2.17. The van der Waals surface area contributed by atoms with Gasteiger partial charge in [-0.25, -0.2) is 0 Å². The molecule has 0 aliphatic heterocycles. The molecule has 0 fully saturated rings. The Morgan fingerprint density at radius 2 is 0.971 bits per heavy atom. The number of rotatable bonds is 16. The normalized spacial score (nSPS) is 11.7. The zero-order chi connectivity index (χ0) is 25.8. The van der Waals surface area contributed by atoms with Gasteiger partial charge >= 0.3 is 223 Å².